The van der Waals surface area contributed by atoms with Crippen LogP contribution in [0.25, 0.3) is 10.9 Å². The van der Waals surface area contributed by atoms with Crippen LogP contribution in [0.2, 0.25) is 0 Å². The SMILES string of the molecule is Nc1n[nH]c(CCNC(=O)c2cn3c4c(cccc4c2=O)CC3)n1. The average molecular weight is 324 g/mol. The van der Waals surface area contributed by atoms with E-state index in [9.17, 15) is 9.59 Å². The molecule has 0 bridgehead atoms. The lowest BCUT2D eigenvalue weighted by Crippen LogP contribution is -2.31. The number of carbonyl (C=O) groups excluding carboxylic acids is 1. The van der Waals surface area contributed by atoms with Crippen molar-refractivity contribution in [1.29, 1.82) is 0 Å². The first-order chi connectivity index (χ1) is 11.6. The Kier molecular flexibility index (Phi) is 3.30. The van der Waals surface area contributed by atoms with Crippen LogP contribution in [-0.2, 0) is 19.4 Å². The number of hydrogen-bond donors (Lipinski definition) is 3. The van der Waals surface area contributed by atoms with Crippen LogP contribution in [0.5, 0.6) is 0 Å². The number of para-hydroxylation sites is 1. The summed E-state index contributed by atoms with van der Waals surface area (Å²) in [6, 6.07) is 5.66. The van der Waals surface area contributed by atoms with Crippen molar-refractivity contribution in [2.24, 2.45) is 0 Å². The molecule has 0 aliphatic carbocycles. The van der Waals surface area contributed by atoms with E-state index >= 15 is 0 Å². The van der Waals surface area contributed by atoms with Crippen molar-refractivity contribution >= 4 is 22.8 Å². The number of anilines is 1. The van der Waals surface area contributed by atoms with Gasteiger partial charge in [-0.2, -0.15) is 4.98 Å². The maximum absolute atomic E-state index is 12.6. The highest BCUT2D eigenvalue weighted by molar-refractivity contribution is 5.98. The van der Waals surface area contributed by atoms with Gasteiger partial charge in [-0.05, 0) is 18.1 Å². The summed E-state index contributed by atoms with van der Waals surface area (Å²) in [7, 11) is 0. The molecule has 3 aromatic rings. The normalized spacial score (nSPS) is 12.7. The molecule has 1 aliphatic heterocycles. The largest absolute Gasteiger partial charge is 0.367 e. The summed E-state index contributed by atoms with van der Waals surface area (Å²) in [5.41, 5.74) is 7.45. The second-order valence-electron chi connectivity index (χ2n) is 5.77. The number of hydrogen-bond acceptors (Lipinski definition) is 5. The number of nitrogens with zero attached hydrogens (tertiary/aromatic N) is 3. The Hall–Kier alpha value is -3.16. The van der Waals surface area contributed by atoms with Gasteiger partial charge in [0.1, 0.15) is 11.4 Å². The van der Waals surface area contributed by atoms with E-state index < -0.39 is 0 Å². The minimum Gasteiger partial charge on any atom is -0.367 e. The molecule has 4 N–H and O–H groups in total. The number of aryl methyl sites for hydroxylation is 2. The Bertz CT molecular complexity index is 1000. The molecule has 0 spiro atoms. The van der Waals surface area contributed by atoms with Crippen molar-refractivity contribution in [1.82, 2.24) is 25.1 Å². The number of amides is 1. The van der Waals surface area contributed by atoms with Crippen LogP contribution in [0.3, 0.4) is 0 Å². The molecule has 8 nitrogen and oxygen atoms in total. The zero-order valence-electron chi connectivity index (χ0n) is 12.9. The van der Waals surface area contributed by atoms with Gasteiger partial charge in [0.2, 0.25) is 11.4 Å². The highest BCUT2D eigenvalue weighted by atomic mass is 16.2. The van der Waals surface area contributed by atoms with E-state index in [0.717, 1.165) is 24.0 Å². The first-order valence-electron chi connectivity index (χ1n) is 7.73. The smallest absolute Gasteiger partial charge is 0.256 e. The summed E-state index contributed by atoms with van der Waals surface area (Å²) in [4.78, 5) is 29.0. The minimum atomic E-state index is -0.379. The van der Waals surface area contributed by atoms with Crippen molar-refractivity contribution in [3.63, 3.8) is 0 Å². The van der Waals surface area contributed by atoms with Crippen LogP contribution < -0.4 is 16.5 Å². The zero-order valence-corrected chi connectivity index (χ0v) is 12.9. The first-order valence-corrected chi connectivity index (χ1v) is 7.73. The lowest BCUT2D eigenvalue weighted by atomic mass is 10.1. The fraction of sp³-hybridized carbons (Fsp3) is 0.250. The van der Waals surface area contributed by atoms with E-state index in [0.29, 0.717) is 24.2 Å². The highest BCUT2D eigenvalue weighted by Gasteiger charge is 2.20. The van der Waals surface area contributed by atoms with Gasteiger partial charge in [0, 0.05) is 31.1 Å². The quantitative estimate of drug-likeness (QED) is 0.635. The zero-order chi connectivity index (χ0) is 16.7. The van der Waals surface area contributed by atoms with Gasteiger partial charge in [-0.15, -0.1) is 5.10 Å². The first kappa shape index (κ1) is 14.4. The van der Waals surface area contributed by atoms with Crippen LogP contribution >= 0.6 is 0 Å². The second-order valence-corrected chi connectivity index (χ2v) is 5.77. The van der Waals surface area contributed by atoms with Crippen molar-refractivity contribution in [3.05, 3.63) is 51.6 Å². The molecule has 24 heavy (non-hydrogen) atoms. The molecular formula is C16H16N6O2. The fourth-order valence-electron chi connectivity index (χ4n) is 3.13. The maximum atomic E-state index is 12.6. The molecule has 1 aromatic carbocycles. The van der Waals surface area contributed by atoms with E-state index in [1.165, 1.54) is 0 Å². The number of carbonyl (C=O) groups is 1. The number of aromatic nitrogens is 4. The van der Waals surface area contributed by atoms with Gasteiger partial charge in [-0.1, -0.05) is 12.1 Å². The molecule has 0 saturated heterocycles. The van der Waals surface area contributed by atoms with E-state index in [2.05, 4.69) is 20.5 Å². The molecule has 0 atom stereocenters. The Balaban J connectivity index is 1.57. The summed E-state index contributed by atoms with van der Waals surface area (Å²) in [6.45, 7) is 1.12. The molecule has 0 fully saturated rings. The molecule has 1 amide bonds. The van der Waals surface area contributed by atoms with Crippen LogP contribution in [-0.4, -0.2) is 32.2 Å². The van der Waals surface area contributed by atoms with E-state index in [1.807, 2.05) is 16.7 Å². The molecule has 4 rings (SSSR count). The topological polar surface area (TPSA) is 119 Å². The number of benzene rings is 1. The van der Waals surface area contributed by atoms with Crippen molar-refractivity contribution in [2.45, 2.75) is 19.4 Å². The summed E-state index contributed by atoms with van der Waals surface area (Å²) in [5.74, 6) is 0.379. The van der Waals surface area contributed by atoms with Crippen molar-refractivity contribution in [3.8, 4) is 0 Å². The van der Waals surface area contributed by atoms with Crippen LogP contribution in [0.4, 0.5) is 5.95 Å². The van der Waals surface area contributed by atoms with Crippen molar-refractivity contribution in [2.75, 3.05) is 12.3 Å². The number of nitrogen functional groups attached to an aromatic ring is 1. The molecule has 3 heterocycles. The van der Waals surface area contributed by atoms with Crippen LogP contribution in [0, 0.1) is 0 Å². The van der Waals surface area contributed by atoms with Gasteiger partial charge in [-0.3, -0.25) is 14.7 Å². The summed E-state index contributed by atoms with van der Waals surface area (Å²) in [5, 5.41) is 9.75. The standard InChI is InChI=1S/C16H16N6O2/c17-16-19-12(20-21-16)4-6-18-15(24)11-8-22-7-5-9-2-1-3-10(13(9)22)14(11)23/h1-3,8H,4-7H2,(H,18,24)(H3,17,19,20,21). The third kappa shape index (κ3) is 2.32. The lowest BCUT2D eigenvalue weighted by molar-refractivity contribution is 0.0952. The lowest BCUT2D eigenvalue weighted by Gasteiger charge is -2.09. The summed E-state index contributed by atoms with van der Waals surface area (Å²) >= 11 is 0. The Morgan fingerprint density at radius 1 is 1.42 bits per heavy atom. The molecule has 1 aliphatic rings. The Morgan fingerprint density at radius 2 is 2.29 bits per heavy atom. The van der Waals surface area contributed by atoms with Gasteiger partial charge in [0.15, 0.2) is 0 Å². The summed E-state index contributed by atoms with van der Waals surface area (Å²) < 4.78 is 1.98. The molecule has 0 unspecified atom stereocenters. The molecule has 122 valence electrons. The van der Waals surface area contributed by atoms with Gasteiger partial charge >= 0.3 is 0 Å². The van der Waals surface area contributed by atoms with Crippen molar-refractivity contribution < 1.29 is 4.79 Å². The number of rotatable bonds is 4. The number of pyridine rings is 1. The van der Waals surface area contributed by atoms with Crippen LogP contribution in [0.1, 0.15) is 21.7 Å². The number of nitrogens with two attached hydrogens (primary N) is 1. The average Bonchev–Trinajstić information content (AvgIpc) is 3.18. The van der Waals surface area contributed by atoms with E-state index in [-0.39, 0.29) is 22.8 Å². The van der Waals surface area contributed by atoms with E-state index in [1.54, 1.807) is 12.3 Å². The molecule has 0 radical (unpaired) electrons. The third-order valence-corrected chi connectivity index (χ3v) is 4.24. The van der Waals surface area contributed by atoms with Gasteiger partial charge in [-0.25, -0.2) is 0 Å². The second kappa shape index (κ2) is 5.48. The number of aromatic amines is 1. The predicted molar refractivity (Wildman–Crippen MR) is 88.7 cm³/mol. The fourth-order valence-corrected chi connectivity index (χ4v) is 3.13. The number of H-pyrrole nitrogens is 1. The highest BCUT2D eigenvalue weighted by Crippen LogP contribution is 2.23. The molecule has 0 saturated carbocycles. The monoisotopic (exact) mass is 324 g/mol. The maximum Gasteiger partial charge on any atom is 0.256 e. The Morgan fingerprint density at radius 3 is 3.08 bits per heavy atom. The van der Waals surface area contributed by atoms with Crippen LogP contribution in [0.15, 0.2) is 29.2 Å². The molecule has 8 heteroatoms. The van der Waals surface area contributed by atoms with Gasteiger partial charge < -0.3 is 15.6 Å². The minimum absolute atomic E-state index is 0.165. The van der Waals surface area contributed by atoms with Gasteiger partial charge in [0.05, 0.1) is 5.52 Å². The Labute approximate surface area is 136 Å². The molecular weight excluding hydrogens is 308 g/mol. The third-order valence-electron chi connectivity index (χ3n) is 4.24. The molecule has 2 aromatic heterocycles. The van der Waals surface area contributed by atoms with E-state index in [4.69, 9.17) is 5.73 Å². The summed E-state index contributed by atoms with van der Waals surface area (Å²) in [6.07, 6.45) is 3.00. The number of nitrogens with one attached hydrogen (secondary N) is 2. The predicted octanol–water partition coefficient (Wildman–Crippen LogP) is 0.230. The van der Waals surface area contributed by atoms with Gasteiger partial charge in [0.25, 0.3) is 5.91 Å².